The second-order valence-corrected chi connectivity index (χ2v) is 9.39. The van der Waals surface area contributed by atoms with Crippen LogP contribution in [-0.4, -0.2) is 31.9 Å². The first kappa shape index (κ1) is 19.1. The zero-order valence-corrected chi connectivity index (χ0v) is 15.5. The number of carbonyl (C=O) groups is 2. The average Bonchev–Trinajstić information content (AvgIpc) is 3.06. The van der Waals surface area contributed by atoms with Gasteiger partial charge in [-0.15, -0.1) is 11.3 Å². The molecule has 0 aliphatic carbocycles. The second kappa shape index (κ2) is 7.37. The molecule has 1 aromatic heterocycles. The third-order valence-electron chi connectivity index (χ3n) is 3.74. The molecule has 0 saturated carbocycles. The molecular weight excluding hydrogens is 362 g/mol. The number of thiophene rings is 1. The Bertz CT molecular complexity index is 869. The highest BCUT2D eigenvalue weighted by atomic mass is 32.2. The van der Waals surface area contributed by atoms with Crippen LogP contribution in [0.3, 0.4) is 0 Å². The molecule has 2 N–H and O–H groups in total. The molecule has 8 heteroatoms. The molecule has 0 atom stereocenters. The van der Waals surface area contributed by atoms with Gasteiger partial charge >= 0.3 is 5.97 Å². The number of amides is 1. The van der Waals surface area contributed by atoms with Crippen LogP contribution in [0.5, 0.6) is 0 Å². The standard InChI is InChI=1S/C17H19NO5S2/c1-17(2,16(20)21)10-11-18-15(19)13-8-9-14(24-13)25(22,23)12-6-4-3-5-7-12/h3-9H,10-11H2,1-2H3,(H,18,19)(H,20,21). The van der Waals surface area contributed by atoms with Crippen molar-refractivity contribution in [3.05, 3.63) is 47.3 Å². The zero-order valence-electron chi connectivity index (χ0n) is 13.9. The summed E-state index contributed by atoms with van der Waals surface area (Å²) >= 11 is 0.891. The van der Waals surface area contributed by atoms with Crippen LogP contribution in [0.4, 0.5) is 0 Å². The summed E-state index contributed by atoms with van der Waals surface area (Å²) in [6.45, 7) is 3.35. The summed E-state index contributed by atoms with van der Waals surface area (Å²) in [5, 5.41) is 11.7. The van der Waals surface area contributed by atoms with Crippen molar-refractivity contribution >= 4 is 33.1 Å². The number of carboxylic acids is 1. The topological polar surface area (TPSA) is 101 Å². The molecule has 1 heterocycles. The van der Waals surface area contributed by atoms with Crippen molar-refractivity contribution in [3.63, 3.8) is 0 Å². The van der Waals surface area contributed by atoms with Gasteiger partial charge in [-0.1, -0.05) is 18.2 Å². The first-order valence-corrected chi connectivity index (χ1v) is 9.86. The van der Waals surface area contributed by atoms with Crippen LogP contribution in [0.1, 0.15) is 29.9 Å². The third-order valence-corrected chi connectivity index (χ3v) is 7.08. The van der Waals surface area contributed by atoms with Crippen LogP contribution in [0, 0.1) is 5.41 Å². The number of rotatable bonds is 7. The van der Waals surface area contributed by atoms with Crippen LogP contribution in [-0.2, 0) is 14.6 Å². The highest BCUT2D eigenvalue weighted by Crippen LogP contribution is 2.27. The largest absolute Gasteiger partial charge is 0.481 e. The van der Waals surface area contributed by atoms with Crippen molar-refractivity contribution in [1.82, 2.24) is 5.32 Å². The van der Waals surface area contributed by atoms with E-state index >= 15 is 0 Å². The summed E-state index contributed by atoms with van der Waals surface area (Å²) in [4.78, 5) is 23.6. The van der Waals surface area contributed by atoms with Gasteiger partial charge < -0.3 is 10.4 Å². The van der Waals surface area contributed by atoms with Gasteiger partial charge in [-0.25, -0.2) is 8.42 Å². The summed E-state index contributed by atoms with van der Waals surface area (Å²) in [5.41, 5.74) is -0.940. The fourth-order valence-electron chi connectivity index (χ4n) is 1.98. The molecule has 0 unspecified atom stereocenters. The summed E-state index contributed by atoms with van der Waals surface area (Å²) in [7, 11) is -3.65. The Balaban J connectivity index is 2.06. The number of nitrogens with one attached hydrogen (secondary N) is 1. The quantitative estimate of drug-likeness (QED) is 0.768. The van der Waals surface area contributed by atoms with Crippen molar-refractivity contribution in [2.45, 2.75) is 29.4 Å². The molecule has 1 aromatic carbocycles. The number of sulfone groups is 1. The normalized spacial score (nSPS) is 11.9. The minimum absolute atomic E-state index is 0.0923. The van der Waals surface area contributed by atoms with Crippen molar-refractivity contribution < 1.29 is 23.1 Å². The molecule has 0 aliphatic rings. The molecule has 2 aromatic rings. The lowest BCUT2D eigenvalue weighted by Gasteiger charge is -2.18. The lowest BCUT2D eigenvalue weighted by atomic mass is 9.90. The lowest BCUT2D eigenvalue weighted by molar-refractivity contribution is -0.147. The number of carboxylic acid groups (broad SMARTS) is 1. The SMILES string of the molecule is CC(C)(CCNC(=O)c1ccc(S(=O)(=O)c2ccccc2)s1)C(=O)O. The summed E-state index contributed by atoms with van der Waals surface area (Å²) < 4.78 is 25.1. The Labute approximate surface area is 150 Å². The van der Waals surface area contributed by atoms with E-state index in [2.05, 4.69) is 5.32 Å². The van der Waals surface area contributed by atoms with Crippen LogP contribution in [0.15, 0.2) is 51.6 Å². The van der Waals surface area contributed by atoms with E-state index in [1.165, 1.54) is 24.3 Å². The highest BCUT2D eigenvalue weighted by Gasteiger charge is 2.27. The van der Waals surface area contributed by atoms with Crippen molar-refractivity contribution in [3.8, 4) is 0 Å². The minimum atomic E-state index is -3.65. The van der Waals surface area contributed by atoms with Gasteiger partial charge in [0.05, 0.1) is 15.2 Å². The van der Waals surface area contributed by atoms with E-state index in [1.807, 2.05) is 0 Å². The van der Waals surface area contributed by atoms with Gasteiger partial charge in [-0.05, 0) is 44.5 Å². The van der Waals surface area contributed by atoms with Gasteiger partial charge in [0.2, 0.25) is 9.84 Å². The van der Waals surface area contributed by atoms with E-state index < -0.39 is 27.1 Å². The fourth-order valence-corrected chi connectivity index (χ4v) is 4.63. The van der Waals surface area contributed by atoms with Crippen molar-refractivity contribution in [2.24, 2.45) is 5.41 Å². The molecule has 0 saturated heterocycles. The molecule has 1 amide bonds. The Hall–Kier alpha value is -2.19. The number of hydrogen-bond donors (Lipinski definition) is 2. The molecule has 0 bridgehead atoms. The van der Waals surface area contributed by atoms with E-state index in [-0.39, 0.29) is 26.9 Å². The highest BCUT2D eigenvalue weighted by molar-refractivity contribution is 7.93. The van der Waals surface area contributed by atoms with Crippen LogP contribution in [0.2, 0.25) is 0 Å². The molecular formula is C17H19NO5S2. The zero-order chi connectivity index (χ0) is 18.7. The van der Waals surface area contributed by atoms with E-state index in [9.17, 15) is 18.0 Å². The molecule has 2 rings (SSSR count). The number of aliphatic carboxylic acids is 1. The van der Waals surface area contributed by atoms with Gasteiger partial charge in [-0.3, -0.25) is 9.59 Å². The second-order valence-electron chi connectivity index (χ2n) is 6.13. The maximum absolute atomic E-state index is 12.5. The minimum Gasteiger partial charge on any atom is -0.481 e. The average molecular weight is 381 g/mol. The van der Waals surface area contributed by atoms with Gasteiger partial charge in [0, 0.05) is 6.54 Å². The van der Waals surface area contributed by atoms with Crippen molar-refractivity contribution in [2.75, 3.05) is 6.54 Å². The Morgan fingerprint density at radius 2 is 1.76 bits per heavy atom. The summed E-state index contributed by atoms with van der Waals surface area (Å²) in [5.74, 6) is -1.35. The molecule has 0 aliphatic heterocycles. The molecule has 25 heavy (non-hydrogen) atoms. The van der Waals surface area contributed by atoms with Gasteiger partial charge in [-0.2, -0.15) is 0 Å². The van der Waals surface area contributed by atoms with Crippen LogP contribution in [0.25, 0.3) is 0 Å². The third kappa shape index (κ3) is 4.46. The first-order valence-electron chi connectivity index (χ1n) is 7.56. The fraction of sp³-hybridized carbons (Fsp3) is 0.294. The van der Waals surface area contributed by atoms with Gasteiger partial charge in [0.25, 0.3) is 5.91 Å². The first-order chi connectivity index (χ1) is 11.6. The predicted octanol–water partition coefficient (Wildman–Crippen LogP) is 2.81. The molecule has 134 valence electrons. The monoisotopic (exact) mass is 381 g/mol. The maximum atomic E-state index is 12.5. The smallest absolute Gasteiger partial charge is 0.309 e. The van der Waals surface area contributed by atoms with Gasteiger partial charge in [0.15, 0.2) is 0 Å². The molecule has 0 spiro atoms. The van der Waals surface area contributed by atoms with E-state index in [0.717, 1.165) is 11.3 Å². The number of carbonyl (C=O) groups excluding carboxylic acids is 1. The van der Waals surface area contributed by atoms with Crippen LogP contribution < -0.4 is 5.32 Å². The van der Waals surface area contributed by atoms with E-state index in [0.29, 0.717) is 0 Å². The van der Waals surface area contributed by atoms with E-state index in [1.54, 1.807) is 32.0 Å². The number of hydrogen-bond acceptors (Lipinski definition) is 5. The van der Waals surface area contributed by atoms with E-state index in [4.69, 9.17) is 5.11 Å². The Morgan fingerprint density at radius 1 is 1.12 bits per heavy atom. The summed E-state index contributed by atoms with van der Waals surface area (Å²) in [6, 6.07) is 10.9. The Kier molecular flexibility index (Phi) is 5.64. The molecule has 0 fully saturated rings. The maximum Gasteiger partial charge on any atom is 0.309 e. The number of benzene rings is 1. The molecule has 0 radical (unpaired) electrons. The predicted molar refractivity (Wildman–Crippen MR) is 94.6 cm³/mol. The van der Waals surface area contributed by atoms with Crippen molar-refractivity contribution in [1.29, 1.82) is 0 Å². The molecule has 6 nitrogen and oxygen atoms in total. The van der Waals surface area contributed by atoms with Crippen LogP contribution >= 0.6 is 11.3 Å². The Morgan fingerprint density at radius 3 is 2.36 bits per heavy atom. The van der Waals surface area contributed by atoms with Gasteiger partial charge in [0.1, 0.15) is 4.21 Å². The summed E-state index contributed by atoms with van der Waals surface area (Å²) in [6.07, 6.45) is 0.272. The lowest BCUT2D eigenvalue weighted by Crippen LogP contribution is -2.31.